The van der Waals surface area contributed by atoms with Gasteiger partial charge in [-0.15, -0.1) is 0 Å². The molecule has 20 heavy (non-hydrogen) atoms. The zero-order valence-corrected chi connectivity index (χ0v) is 11.4. The Labute approximate surface area is 118 Å². The van der Waals surface area contributed by atoms with Gasteiger partial charge in [0.15, 0.2) is 0 Å². The number of hydrogen-bond acceptors (Lipinski definition) is 3. The molecule has 2 heterocycles. The number of nitrogens with zero attached hydrogens (tertiary/aromatic N) is 1. The molecule has 3 rings (SSSR count). The average Bonchev–Trinajstić information content (AvgIpc) is 3.00. The topological polar surface area (TPSA) is 54.0 Å². The van der Waals surface area contributed by atoms with Crippen LogP contribution in [0.1, 0.15) is 29.6 Å². The van der Waals surface area contributed by atoms with Crippen LogP contribution in [0.15, 0.2) is 36.5 Å². The molecule has 1 aromatic carbocycles. The van der Waals surface area contributed by atoms with Crippen LogP contribution >= 0.6 is 0 Å². The maximum atomic E-state index is 12.3. The molecule has 104 valence electrons. The first-order chi connectivity index (χ1) is 9.84. The monoisotopic (exact) mass is 269 g/mol. The van der Waals surface area contributed by atoms with E-state index < -0.39 is 0 Å². The number of amides is 1. The highest BCUT2D eigenvalue weighted by atomic mass is 16.1. The minimum Gasteiger partial charge on any atom is -0.352 e. The van der Waals surface area contributed by atoms with Crippen LogP contribution in [0.25, 0.3) is 10.9 Å². The van der Waals surface area contributed by atoms with E-state index >= 15 is 0 Å². The van der Waals surface area contributed by atoms with E-state index in [0.29, 0.717) is 18.2 Å². The number of para-hydroxylation sites is 1. The van der Waals surface area contributed by atoms with Crippen molar-refractivity contribution in [2.75, 3.05) is 13.1 Å². The fourth-order valence-electron chi connectivity index (χ4n) is 2.75. The van der Waals surface area contributed by atoms with E-state index in [2.05, 4.69) is 15.6 Å². The van der Waals surface area contributed by atoms with E-state index in [1.54, 1.807) is 12.3 Å². The minimum absolute atomic E-state index is 0.0124. The van der Waals surface area contributed by atoms with Crippen LogP contribution in [-0.2, 0) is 0 Å². The van der Waals surface area contributed by atoms with Crippen molar-refractivity contribution < 1.29 is 4.79 Å². The number of carbonyl (C=O) groups excluding carboxylic acids is 1. The standard InChI is InChI=1S/C16H19N3O/c20-16(19-10-7-12-4-3-9-17-12)14-8-11-18-15-6-2-1-5-13(14)15/h1-2,5-6,8,11-12,17H,3-4,7,9-10H2,(H,19,20). The number of benzene rings is 1. The van der Waals surface area contributed by atoms with Crippen molar-refractivity contribution in [3.63, 3.8) is 0 Å². The third-order valence-corrected chi connectivity index (χ3v) is 3.83. The first-order valence-corrected chi connectivity index (χ1v) is 7.20. The molecular formula is C16H19N3O. The molecule has 0 bridgehead atoms. The van der Waals surface area contributed by atoms with Gasteiger partial charge in [-0.25, -0.2) is 0 Å². The van der Waals surface area contributed by atoms with E-state index in [9.17, 15) is 4.79 Å². The van der Waals surface area contributed by atoms with Gasteiger partial charge in [0.2, 0.25) is 0 Å². The Morgan fingerprint density at radius 1 is 1.35 bits per heavy atom. The summed E-state index contributed by atoms with van der Waals surface area (Å²) in [5, 5.41) is 7.36. The largest absolute Gasteiger partial charge is 0.352 e. The van der Waals surface area contributed by atoms with Gasteiger partial charge < -0.3 is 10.6 Å². The summed E-state index contributed by atoms with van der Waals surface area (Å²) in [6, 6.07) is 10.1. The van der Waals surface area contributed by atoms with Crippen LogP contribution in [0.2, 0.25) is 0 Å². The second-order valence-corrected chi connectivity index (χ2v) is 5.21. The molecule has 1 aromatic heterocycles. The van der Waals surface area contributed by atoms with Gasteiger partial charge in [-0.1, -0.05) is 18.2 Å². The van der Waals surface area contributed by atoms with Crippen molar-refractivity contribution >= 4 is 16.8 Å². The van der Waals surface area contributed by atoms with Crippen molar-refractivity contribution in [2.24, 2.45) is 0 Å². The lowest BCUT2D eigenvalue weighted by atomic mass is 10.1. The Bertz CT molecular complexity index is 600. The summed E-state index contributed by atoms with van der Waals surface area (Å²) in [6.45, 7) is 1.82. The number of rotatable bonds is 4. The molecule has 0 saturated carbocycles. The zero-order valence-electron chi connectivity index (χ0n) is 11.4. The molecule has 1 unspecified atom stereocenters. The van der Waals surface area contributed by atoms with Crippen LogP contribution in [0.3, 0.4) is 0 Å². The molecule has 1 aliphatic heterocycles. The number of carbonyl (C=O) groups is 1. The third-order valence-electron chi connectivity index (χ3n) is 3.83. The van der Waals surface area contributed by atoms with Crippen molar-refractivity contribution in [3.05, 3.63) is 42.1 Å². The molecule has 1 amide bonds. The van der Waals surface area contributed by atoms with Gasteiger partial charge in [0.25, 0.3) is 5.91 Å². The van der Waals surface area contributed by atoms with Gasteiger partial charge in [0.05, 0.1) is 11.1 Å². The lowest BCUT2D eigenvalue weighted by Gasteiger charge is -2.11. The van der Waals surface area contributed by atoms with Crippen molar-refractivity contribution in [1.29, 1.82) is 0 Å². The van der Waals surface area contributed by atoms with Crippen LogP contribution in [0, 0.1) is 0 Å². The predicted octanol–water partition coefficient (Wildman–Crippen LogP) is 2.11. The number of nitrogens with one attached hydrogen (secondary N) is 2. The number of aromatic nitrogens is 1. The van der Waals surface area contributed by atoms with Gasteiger partial charge >= 0.3 is 0 Å². The summed E-state index contributed by atoms with van der Waals surface area (Å²) < 4.78 is 0. The molecule has 4 heteroatoms. The molecule has 2 N–H and O–H groups in total. The minimum atomic E-state index is -0.0124. The number of pyridine rings is 1. The maximum absolute atomic E-state index is 12.3. The highest BCUT2D eigenvalue weighted by Gasteiger charge is 2.14. The van der Waals surface area contributed by atoms with Gasteiger partial charge in [0.1, 0.15) is 0 Å². The quantitative estimate of drug-likeness (QED) is 0.893. The van der Waals surface area contributed by atoms with Crippen molar-refractivity contribution in [2.45, 2.75) is 25.3 Å². The van der Waals surface area contributed by atoms with Crippen LogP contribution in [-0.4, -0.2) is 30.0 Å². The highest BCUT2D eigenvalue weighted by Crippen LogP contribution is 2.16. The maximum Gasteiger partial charge on any atom is 0.252 e. The molecule has 0 radical (unpaired) electrons. The van der Waals surface area contributed by atoms with Gasteiger partial charge in [-0.2, -0.15) is 0 Å². The molecule has 1 saturated heterocycles. The fourth-order valence-corrected chi connectivity index (χ4v) is 2.75. The van der Waals surface area contributed by atoms with Crippen molar-refractivity contribution in [3.8, 4) is 0 Å². The van der Waals surface area contributed by atoms with Gasteiger partial charge in [0, 0.05) is 24.2 Å². The normalized spacial score (nSPS) is 18.3. The SMILES string of the molecule is O=C(NCCC1CCCN1)c1ccnc2ccccc12. The molecule has 4 nitrogen and oxygen atoms in total. The summed E-state index contributed by atoms with van der Waals surface area (Å²) >= 11 is 0. The molecule has 1 atom stereocenters. The summed E-state index contributed by atoms with van der Waals surface area (Å²) in [4.78, 5) is 16.6. The third kappa shape index (κ3) is 2.80. The first kappa shape index (κ1) is 13.1. The lowest BCUT2D eigenvalue weighted by Crippen LogP contribution is -2.30. The van der Waals surface area contributed by atoms with E-state index in [1.165, 1.54) is 12.8 Å². The van der Waals surface area contributed by atoms with Crippen LogP contribution in [0.4, 0.5) is 0 Å². The molecule has 2 aromatic rings. The smallest absolute Gasteiger partial charge is 0.252 e. The van der Waals surface area contributed by atoms with Gasteiger partial charge in [-0.05, 0) is 37.9 Å². The Balaban J connectivity index is 1.66. The average molecular weight is 269 g/mol. The Morgan fingerprint density at radius 2 is 2.25 bits per heavy atom. The molecule has 1 fully saturated rings. The predicted molar refractivity (Wildman–Crippen MR) is 79.7 cm³/mol. The van der Waals surface area contributed by atoms with Gasteiger partial charge in [-0.3, -0.25) is 9.78 Å². The fraction of sp³-hybridized carbons (Fsp3) is 0.375. The highest BCUT2D eigenvalue weighted by molar-refractivity contribution is 6.05. The summed E-state index contributed by atoms with van der Waals surface area (Å²) in [5.41, 5.74) is 1.56. The first-order valence-electron chi connectivity index (χ1n) is 7.20. The molecule has 0 spiro atoms. The zero-order chi connectivity index (χ0) is 13.8. The lowest BCUT2D eigenvalue weighted by molar-refractivity contribution is 0.0954. The Kier molecular flexibility index (Phi) is 3.92. The molecule has 0 aliphatic carbocycles. The summed E-state index contributed by atoms with van der Waals surface area (Å²) in [5.74, 6) is -0.0124. The van der Waals surface area contributed by atoms with Crippen LogP contribution < -0.4 is 10.6 Å². The molecular weight excluding hydrogens is 250 g/mol. The second-order valence-electron chi connectivity index (χ2n) is 5.21. The van der Waals surface area contributed by atoms with E-state index in [4.69, 9.17) is 0 Å². The number of fused-ring (bicyclic) bond motifs is 1. The Hall–Kier alpha value is -1.94. The second kappa shape index (κ2) is 6.01. The molecule has 1 aliphatic rings. The van der Waals surface area contributed by atoms with E-state index in [0.717, 1.165) is 23.9 Å². The van der Waals surface area contributed by atoms with E-state index in [1.807, 2.05) is 24.3 Å². The van der Waals surface area contributed by atoms with Crippen molar-refractivity contribution in [1.82, 2.24) is 15.6 Å². The summed E-state index contributed by atoms with van der Waals surface area (Å²) in [7, 11) is 0. The Morgan fingerprint density at radius 3 is 3.10 bits per heavy atom. The summed E-state index contributed by atoms with van der Waals surface area (Å²) in [6.07, 6.45) is 5.15. The van der Waals surface area contributed by atoms with E-state index in [-0.39, 0.29) is 5.91 Å². The van der Waals surface area contributed by atoms with Crippen LogP contribution in [0.5, 0.6) is 0 Å². The number of hydrogen-bond donors (Lipinski definition) is 2.